The van der Waals surface area contributed by atoms with Crippen LogP contribution in [0.1, 0.15) is 45.4 Å². The van der Waals surface area contributed by atoms with E-state index in [0.29, 0.717) is 18.3 Å². The molecule has 100 valence electrons. The Morgan fingerprint density at radius 1 is 1.56 bits per heavy atom. The van der Waals surface area contributed by atoms with Crippen molar-refractivity contribution in [1.82, 2.24) is 9.97 Å². The van der Waals surface area contributed by atoms with Crippen molar-refractivity contribution in [3.05, 3.63) is 22.2 Å². The van der Waals surface area contributed by atoms with Crippen LogP contribution in [0.25, 0.3) is 0 Å². The quantitative estimate of drug-likeness (QED) is 0.858. The third kappa shape index (κ3) is 2.56. The van der Waals surface area contributed by atoms with Crippen LogP contribution in [0.5, 0.6) is 0 Å². The highest BCUT2D eigenvalue weighted by Crippen LogP contribution is 2.40. The van der Waals surface area contributed by atoms with E-state index >= 15 is 0 Å². The van der Waals surface area contributed by atoms with Gasteiger partial charge >= 0.3 is 0 Å². The predicted octanol–water partition coefficient (Wildman–Crippen LogP) is 1.79. The fourth-order valence-corrected chi connectivity index (χ4v) is 2.65. The lowest BCUT2D eigenvalue weighted by Crippen LogP contribution is -2.37. The van der Waals surface area contributed by atoms with Gasteiger partial charge in [-0.15, -0.1) is 0 Å². The molecule has 1 aliphatic rings. The predicted molar refractivity (Wildman–Crippen MR) is 70.2 cm³/mol. The minimum Gasteiger partial charge on any atom is -0.383 e. The average Bonchev–Trinajstić information content (AvgIpc) is 2.31. The molecule has 3 N–H and O–H groups in total. The van der Waals surface area contributed by atoms with E-state index in [9.17, 15) is 4.79 Å². The molecule has 1 saturated carbocycles. The number of nitrogens with zero attached hydrogens (tertiary/aromatic N) is 1. The molecule has 5 nitrogen and oxygen atoms in total. The van der Waals surface area contributed by atoms with Crippen molar-refractivity contribution in [3.63, 3.8) is 0 Å². The van der Waals surface area contributed by atoms with Crippen LogP contribution in [0, 0.1) is 5.92 Å². The van der Waals surface area contributed by atoms with Gasteiger partial charge in [-0.1, -0.05) is 6.92 Å². The molecule has 5 heteroatoms. The SMILES string of the molecule is CCOC1(c2nc(N)cc(=O)[nH]2)CCC(C)CC1. The number of nitrogens with two attached hydrogens (primary N) is 1. The average molecular weight is 251 g/mol. The first kappa shape index (κ1) is 13.1. The van der Waals surface area contributed by atoms with Gasteiger partial charge in [-0.25, -0.2) is 4.98 Å². The van der Waals surface area contributed by atoms with Crippen molar-refractivity contribution < 1.29 is 4.74 Å². The molecule has 0 atom stereocenters. The molecule has 0 radical (unpaired) electrons. The van der Waals surface area contributed by atoms with Crippen LogP contribution in [0.15, 0.2) is 10.9 Å². The summed E-state index contributed by atoms with van der Waals surface area (Å²) >= 11 is 0. The summed E-state index contributed by atoms with van der Waals surface area (Å²) < 4.78 is 5.93. The Balaban J connectivity index is 2.37. The van der Waals surface area contributed by atoms with Gasteiger partial charge in [0.2, 0.25) is 0 Å². The summed E-state index contributed by atoms with van der Waals surface area (Å²) in [6.45, 7) is 4.81. The number of hydrogen-bond donors (Lipinski definition) is 2. The standard InChI is InChI=1S/C13H21N3O2/c1-3-18-13(6-4-9(2)5-7-13)12-15-10(14)8-11(17)16-12/h8-9H,3-7H2,1-2H3,(H3,14,15,16,17). The number of aromatic amines is 1. The Morgan fingerprint density at radius 3 is 2.78 bits per heavy atom. The number of rotatable bonds is 3. The molecule has 1 aromatic heterocycles. The van der Waals surface area contributed by atoms with Crippen molar-refractivity contribution >= 4 is 5.82 Å². The van der Waals surface area contributed by atoms with Crippen LogP contribution < -0.4 is 11.3 Å². The van der Waals surface area contributed by atoms with Crippen LogP contribution in [-0.2, 0) is 10.3 Å². The van der Waals surface area contributed by atoms with Crippen molar-refractivity contribution in [1.29, 1.82) is 0 Å². The third-order valence-electron chi connectivity index (χ3n) is 3.70. The molecule has 2 rings (SSSR count). The number of anilines is 1. The fourth-order valence-electron chi connectivity index (χ4n) is 2.65. The highest BCUT2D eigenvalue weighted by molar-refractivity contribution is 5.27. The molecule has 0 amide bonds. The molecule has 1 fully saturated rings. The monoisotopic (exact) mass is 251 g/mol. The van der Waals surface area contributed by atoms with Gasteiger partial charge in [-0.3, -0.25) is 4.79 Å². The summed E-state index contributed by atoms with van der Waals surface area (Å²) in [6.07, 6.45) is 3.93. The molecule has 0 saturated heterocycles. The second-order valence-corrected chi connectivity index (χ2v) is 5.13. The number of hydrogen-bond acceptors (Lipinski definition) is 4. The summed E-state index contributed by atoms with van der Waals surface area (Å²) in [4.78, 5) is 18.6. The first-order chi connectivity index (χ1) is 8.55. The topological polar surface area (TPSA) is 81.0 Å². The summed E-state index contributed by atoms with van der Waals surface area (Å²) in [7, 11) is 0. The van der Waals surface area contributed by atoms with Crippen molar-refractivity contribution in [2.45, 2.75) is 45.1 Å². The van der Waals surface area contributed by atoms with Gasteiger partial charge in [0.1, 0.15) is 17.2 Å². The molecule has 0 aromatic carbocycles. The summed E-state index contributed by atoms with van der Waals surface area (Å²) in [6, 6.07) is 1.30. The van der Waals surface area contributed by atoms with Gasteiger partial charge in [0.05, 0.1) is 0 Å². The second kappa shape index (κ2) is 5.10. The van der Waals surface area contributed by atoms with E-state index in [1.807, 2.05) is 6.92 Å². The maximum absolute atomic E-state index is 11.5. The smallest absolute Gasteiger partial charge is 0.253 e. The zero-order chi connectivity index (χ0) is 13.2. The number of nitrogens with one attached hydrogen (secondary N) is 1. The van der Waals surface area contributed by atoms with Crippen LogP contribution in [-0.4, -0.2) is 16.6 Å². The van der Waals surface area contributed by atoms with Gasteiger partial charge in [-0.2, -0.15) is 0 Å². The lowest BCUT2D eigenvalue weighted by Gasteiger charge is -2.38. The Bertz CT molecular complexity index is 462. The Hall–Kier alpha value is -1.36. The molecule has 0 unspecified atom stereocenters. The van der Waals surface area contributed by atoms with Crippen molar-refractivity contribution in [2.24, 2.45) is 5.92 Å². The molecule has 1 heterocycles. The van der Waals surface area contributed by atoms with E-state index in [0.717, 1.165) is 25.7 Å². The Kier molecular flexibility index (Phi) is 3.71. The normalized spacial score (nSPS) is 28.2. The zero-order valence-corrected chi connectivity index (χ0v) is 11.0. The van der Waals surface area contributed by atoms with Crippen LogP contribution >= 0.6 is 0 Å². The molecular weight excluding hydrogens is 230 g/mol. The zero-order valence-electron chi connectivity index (χ0n) is 11.0. The van der Waals surface area contributed by atoms with E-state index in [4.69, 9.17) is 10.5 Å². The molecule has 1 aliphatic carbocycles. The van der Waals surface area contributed by atoms with E-state index < -0.39 is 5.60 Å². The molecule has 0 aliphatic heterocycles. The summed E-state index contributed by atoms with van der Waals surface area (Å²) in [5, 5.41) is 0. The molecule has 18 heavy (non-hydrogen) atoms. The van der Waals surface area contributed by atoms with Gasteiger partial charge in [0.25, 0.3) is 5.56 Å². The first-order valence-corrected chi connectivity index (χ1v) is 6.57. The van der Waals surface area contributed by atoms with Crippen LogP contribution in [0.4, 0.5) is 5.82 Å². The Labute approximate surface area is 107 Å². The van der Waals surface area contributed by atoms with E-state index in [1.54, 1.807) is 0 Å². The maximum atomic E-state index is 11.5. The lowest BCUT2D eigenvalue weighted by atomic mass is 9.79. The number of H-pyrrole nitrogens is 1. The Morgan fingerprint density at radius 2 is 2.22 bits per heavy atom. The first-order valence-electron chi connectivity index (χ1n) is 6.57. The van der Waals surface area contributed by atoms with Gasteiger partial charge < -0.3 is 15.5 Å². The van der Waals surface area contributed by atoms with Crippen molar-refractivity contribution in [2.75, 3.05) is 12.3 Å². The highest BCUT2D eigenvalue weighted by Gasteiger charge is 2.39. The largest absolute Gasteiger partial charge is 0.383 e. The lowest BCUT2D eigenvalue weighted by molar-refractivity contribution is -0.0837. The minimum absolute atomic E-state index is 0.213. The van der Waals surface area contributed by atoms with Gasteiger partial charge in [-0.05, 0) is 38.5 Å². The molecule has 1 aromatic rings. The van der Waals surface area contributed by atoms with Gasteiger partial charge in [0.15, 0.2) is 0 Å². The molecule has 0 bridgehead atoms. The van der Waals surface area contributed by atoms with E-state index in [1.165, 1.54) is 6.07 Å². The molecular formula is C13H21N3O2. The summed E-state index contributed by atoms with van der Waals surface area (Å²) in [5.74, 6) is 1.54. The van der Waals surface area contributed by atoms with E-state index in [2.05, 4.69) is 16.9 Å². The summed E-state index contributed by atoms with van der Waals surface area (Å²) in [5.41, 5.74) is 4.99. The van der Waals surface area contributed by atoms with Crippen LogP contribution in [0.2, 0.25) is 0 Å². The molecule has 0 spiro atoms. The van der Waals surface area contributed by atoms with E-state index in [-0.39, 0.29) is 11.4 Å². The van der Waals surface area contributed by atoms with Crippen molar-refractivity contribution in [3.8, 4) is 0 Å². The minimum atomic E-state index is -0.462. The maximum Gasteiger partial charge on any atom is 0.253 e. The highest BCUT2D eigenvalue weighted by atomic mass is 16.5. The second-order valence-electron chi connectivity index (χ2n) is 5.13. The number of aromatic nitrogens is 2. The number of nitrogen functional groups attached to an aromatic ring is 1. The fraction of sp³-hybridized carbons (Fsp3) is 0.692. The number of ether oxygens (including phenoxy) is 1. The van der Waals surface area contributed by atoms with Gasteiger partial charge in [0, 0.05) is 12.7 Å². The van der Waals surface area contributed by atoms with Crippen LogP contribution in [0.3, 0.4) is 0 Å². The third-order valence-corrected chi connectivity index (χ3v) is 3.70.